The molecule has 2 atom stereocenters. The van der Waals surface area contributed by atoms with Crippen LogP contribution in [-0.4, -0.2) is 45.3 Å². The second-order valence-corrected chi connectivity index (χ2v) is 7.81. The van der Waals surface area contributed by atoms with Gasteiger partial charge in [-0.05, 0) is 43.0 Å². The van der Waals surface area contributed by atoms with Crippen molar-refractivity contribution >= 4 is 10.0 Å². The molecule has 1 aliphatic rings. The highest BCUT2D eigenvalue weighted by Gasteiger charge is 2.27. The predicted molar refractivity (Wildman–Crippen MR) is 88.6 cm³/mol. The molecule has 2 N–H and O–H groups in total. The molecule has 2 rings (SSSR count). The fourth-order valence-electron chi connectivity index (χ4n) is 3.15. The monoisotopic (exact) mass is 326 g/mol. The molecular formula is C16H26N2O3S. The molecule has 5 nitrogen and oxygen atoms in total. The summed E-state index contributed by atoms with van der Waals surface area (Å²) in [7, 11) is -1.77. The van der Waals surface area contributed by atoms with Crippen LogP contribution in [0.1, 0.15) is 37.7 Å². The summed E-state index contributed by atoms with van der Waals surface area (Å²) in [6.45, 7) is 3.97. The van der Waals surface area contributed by atoms with Crippen molar-refractivity contribution in [1.82, 2.24) is 4.90 Å². The number of hydrogen-bond donors (Lipinski definition) is 1. The van der Waals surface area contributed by atoms with Crippen molar-refractivity contribution in [3.8, 4) is 5.75 Å². The smallest absolute Gasteiger partial charge is 0.210 e. The van der Waals surface area contributed by atoms with Crippen molar-refractivity contribution in [1.29, 1.82) is 0 Å². The van der Waals surface area contributed by atoms with Crippen molar-refractivity contribution in [2.45, 2.75) is 38.1 Å². The molecule has 0 aromatic heterocycles. The van der Waals surface area contributed by atoms with Gasteiger partial charge in [-0.25, -0.2) is 13.6 Å². The molecule has 1 aliphatic heterocycles. The molecule has 0 radical (unpaired) electrons. The Labute approximate surface area is 133 Å². The standard InChI is InChI=1S/C16H26N2O3S/c1-13(14-6-8-16(21-2)9-7-14)11-18-10-4-3-5-15(18)12-22(17,19)20/h6-9,13,15H,3-5,10-12H2,1-2H3,(H2,17,19,20). The molecule has 2 unspecified atom stereocenters. The van der Waals surface area contributed by atoms with Crippen LogP contribution in [0, 0.1) is 0 Å². The Morgan fingerprint density at radius 1 is 1.32 bits per heavy atom. The molecule has 0 spiro atoms. The first-order valence-corrected chi connectivity index (χ1v) is 9.49. The number of ether oxygens (including phenoxy) is 1. The maximum absolute atomic E-state index is 11.4. The number of rotatable bonds is 6. The summed E-state index contributed by atoms with van der Waals surface area (Å²) >= 11 is 0. The van der Waals surface area contributed by atoms with E-state index in [-0.39, 0.29) is 11.8 Å². The van der Waals surface area contributed by atoms with E-state index in [4.69, 9.17) is 9.88 Å². The normalized spacial score (nSPS) is 21.5. The largest absolute Gasteiger partial charge is 0.497 e. The van der Waals surface area contributed by atoms with Crippen LogP contribution in [0.2, 0.25) is 0 Å². The summed E-state index contributed by atoms with van der Waals surface area (Å²) in [6.07, 6.45) is 3.11. The van der Waals surface area contributed by atoms with Crippen molar-refractivity contribution in [3.05, 3.63) is 29.8 Å². The van der Waals surface area contributed by atoms with Gasteiger partial charge in [0.1, 0.15) is 5.75 Å². The van der Waals surface area contributed by atoms with Crippen molar-refractivity contribution in [2.24, 2.45) is 5.14 Å². The average molecular weight is 326 g/mol. The van der Waals surface area contributed by atoms with Crippen LogP contribution in [0.15, 0.2) is 24.3 Å². The van der Waals surface area contributed by atoms with E-state index in [0.29, 0.717) is 5.92 Å². The third-order valence-electron chi connectivity index (χ3n) is 4.37. The van der Waals surface area contributed by atoms with Crippen LogP contribution >= 0.6 is 0 Å². The van der Waals surface area contributed by atoms with E-state index in [1.54, 1.807) is 7.11 Å². The van der Waals surface area contributed by atoms with Gasteiger partial charge in [0.15, 0.2) is 0 Å². The van der Waals surface area contributed by atoms with Gasteiger partial charge >= 0.3 is 0 Å². The van der Waals surface area contributed by atoms with Gasteiger partial charge in [0, 0.05) is 12.6 Å². The highest BCUT2D eigenvalue weighted by molar-refractivity contribution is 7.89. The number of likely N-dealkylation sites (tertiary alicyclic amines) is 1. The topological polar surface area (TPSA) is 72.6 Å². The first kappa shape index (κ1) is 17.2. The van der Waals surface area contributed by atoms with Crippen LogP contribution in [0.3, 0.4) is 0 Å². The molecule has 1 saturated heterocycles. The lowest BCUT2D eigenvalue weighted by Gasteiger charge is -2.37. The second kappa shape index (κ2) is 7.44. The summed E-state index contributed by atoms with van der Waals surface area (Å²) in [5, 5.41) is 5.23. The zero-order chi connectivity index (χ0) is 16.2. The zero-order valence-electron chi connectivity index (χ0n) is 13.4. The molecule has 0 bridgehead atoms. The number of piperidine rings is 1. The Hall–Kier alpha value is -1.11. The van der Waals surface area contributed by atoms with Crippen molar-refractivity contribution in [2.75, 3.05) is 26.0 Å². The van der Waals surface area contributed by atoms with E-state index < -0.39 is 10.0 Å². The number of primary sulfonamides is 1. The van der Waals surface area contributed by atoms with Gasteiger partial charge in [0.25, 0.3) is 0 Å². The lowest BCUT2D eigenvalue weighted by Crippen LogP contribution is -2.46. The number of hydrogen-bond acceptors (Lipinski definition) is 4. The number of sulfonamides is 1. The number of nitrogens with zero attached hydrogens (tertiary/aromatic N) is 1. The van der Waals surface area contributed by atoms with Crippen LogP contribution in [0.25, 0.3) is 0 Å². The number of nitrogens with two attached hydrogens (primary N) is 1. The highest BCUT2D eigenvalue weighted by Crippen LogP contribution is 2.24. The summed E-state index contributed by atoms with van der Waals surface area (Å²) in [4.78, 5) is 2.28. The first-order chi connectivity index (χ1) is 10.4. The quantitative estimate of drug-likeness (QED) is 0.867. The summed E-state index contributed by atoms with van der Waals surface area (Å²) < 4.78 is 28.0. The molecule has 6 heteroatoms. The zero-order valence-corrected chi connectivity index (χ0v) is 14.2. The van der Waals surface area contributed by atoms with Crippen LogP contribution in [0.5, 0.6) is 5.75 Å². The maximum Gasteiger partial charge on any atom is 0.210 e. The third-order valence-corrected chi connectivity index (χ3v) is 5.22. The van der Waals surface area contributed by atoms with E-state index in [1.165, 1.54) is 5.56 Å². The molecule has 22 heavy (non-hydrogen) atoms. The van der Waals surface area contributed by atoms with E-state index in [9.17, 15) is 8.42 Å². The second-order valence-electron chi connectivity index (χ2n) is 6.15. The highest BCUT2D eigenvalue weighted by atomic mass is 32.2. The minimum atomic E-state index is -3.42. The number of benzene rings is 1. The Bertz CT molecular complexity index is 572. The Morgan fingerprint density at radius 2 is 2.00 bits per heavy atom. The average Bonchev–Trinajstić information content (AvgIpc) is 2.48. The van der Waals surface area contributed by atoms with Crippen molar-refractivity contribution in [3.63, 3.8) is 0 Å². The Kier molecular flexibility index (Phi) is 5.83. The molecular weight excluding hydrogens is 300 g/mol. The van der Waals surface area contributed by atoms with E-state index in [0.717, 1.165) is 38.1 Å². The summed E-state index contributed by atoms with van der Waals surface area (Å²) in [5.74, 6) is 1.25. The third kappa shape index (κ3) is 4.97. The first-order valence-electron chi connectivity index (χ1n) is 7.77. The van der Waals surface area contributed by atoms with Gasteiger partial charge in [-0.1, -0.05) is 25.5 Å². The lowest BCUT2D eigenvalue weighted by atomic mass is 9.97. The van der Waals surface area contributed by atoms with Crippen LogP contribution < -0.4 is 9.88 Å². The Balaban J connectivity index is 2.02. The minimum Gasteiger partial charge on any atom is -0.497 e. The van der Waals surface area contributed by atoms with Gasteiger partial charge in [-0.2, -0.15) is 0 Å². The van der Waals surface area contributed by atoms with Crippen LogP contribution in [0.4, 0.5) is 0 Å². The van der Waals surface area contributed by atoms with Crippen LogP contribution in [-0.2, 0) is 10.0 Å². The molecule has 124 valence electrons. The predicted octanol–water partition coefficient (Wildman–Crippen LogP) is 1.94. The van der Waals surface area contributed by atoms with E-state index >= 15 is 0 Å². The summed E-state index contributed by atoms with van der Waals surface area (Å²) in [6, 6.07) is 8.11. The minimum absolute atomic E-state index is 0.0458. The summed E-state index contributed by atoms with van der Waals surface area (Å²) in [5.41, 5.74) is 1.24. The molecule has 1 aromatic rings. The molecule has 1 heterocycles. The molecule has 0 amide bonds. The lowest BCUT2D eigenvalue weighted by molar-refractivity contribution is 0.155. The van der Waals surface area contributed by atoms with E-state index in [2.05, 4.69) is 24.0 Å². The molecule has 1 aromatic carbocycles. The van der Waals surface area contributed by atoms with Gasteiger partial charge in [-0.3, -0.25) is 4.90 Å². The van der Waals surface area contributed by atoms with Gasteiger partial charge in [-0.15, -0.1) is 0 Å². The van der Waals surface area contributed by atoms with Gasteiger partial charge in [0.2, 0.25) is 10.0 Å². The SMILES string of the molecule is COc1ccc(C(C)CN2CCCCC2CS(N)(=O)=O)cc1. The maximum atomic E-state index is 11.4. The van der Waals surface area contributed by atoms with Gasteiger partial charge in [0.05, 0.1) is 12.9 Å². The van der Waals surface area contributed by atoms with Gasteiger partial charge < -0.3 is 4.74 Å². The molecule has 1 fully saturated rings. The van der Waals surface area contributed by atoms with Crippen molar-refractivity contribution < 1.29 is 13.2 Å². The Morgan fingerprint density at radius 3 is 2.59 bits per heavy atom. The number of methoxy groups -OCH3 is 1. The molecule has 0 saturated carbocycles. The fraction of sp³-hybridized carbons (Fsp3) is 0.625. The fourth-order valence-corrected chi connectivity index (χ4v) is 4.06. The molecule has 0 aliphatic carbocycles. The van der Waals surface area contributed by atoms with E-state index in [1.807, 2.05) is 12.1 Å².